The van der Waals surface area contributed by atoms with Gasteiger partial charge < -0.3 is 0 Å². The third-order valence-electron chi connectivity index (χ3n) is 11.1. The molecule has 0 spiro atoms. The van der Waals surface area contributed by atoms with Crippen LogP contribution < -0.4 is 0 Å². The van der Waals surface area contributed by atoms with Crippen molar-refractivity contribution < 1.29 is 0 Å². The molecular formula is C47H31N3. The minimum absolute atomic E-state index is 0.150. The van der Waals surface area contributed by atoms with Crippen LogP contribution in [0.4, 0.5) is 0 Å². The van der Waals surface area contributed by atoms with E-state index in [9.17, 15) is 0 Å². The maximum absolute atomic E-state index is 5.53. The highest BCUT2D eigenvalue weighted by molar-refractivity contribution is 6.28. The molecule has 0 N–H and O–H groups in total. The van der Waals surface area contributed by atoms with Crippen LogP contribution in [-0.4, -0.2) is 14.5 Å². The minimum Gasteiger partial charge on any atom is -0.277 e. The molecule has 0 fully saturated rings. The lowest BCUT2D eigenvalue weighted by atomic mass is 9.68. The highest BCUT2D eigenvalue weighted by atomic mass is 15.2. The van der Waals surface area contributed by atoms with E-state index in [1.54, 1.807) is 0 Å². The smallest absolute Gasteiger partial charge is 0.235 e. The van der Waals surface area contributed by atoms with Crippen LogP contribution in [0.25, 0.3) is 93.4 Å². The lowest BCUT2D eigenvalue weighted by molar-refractivity contribution is 0.645. The number of para-hydroxylation sites is 1. The Morgan fingerprint density at radius 1 is 0.500 bits per heavy atom. The van der Waals surface area contributed by atoms with Crippen molar-refractivity contribution in [3.05, 3.63) is 163 Å². The van der Waals surface area contributed by atoms with Gasteiger partial charge in [0, 0.05) is 32.7 Å². The topological polar surface area (TPSA) is 30.7 Å². The van der Waals surface area contributed by atoms with E-state index >= 15 is 0 Å². The summed E-state index contributed by atoms with van der Waals surface area (Å²) in [5.41, 5.74) is 10.3. The first-order valence-corrected chi connectivity index (χ1v) is 17.3. The average molecular weight is 638 g/mol. The highest BCUT2D eigenvalue weighted by Crippen LogP contribution is 2.53. The van der Waals surface area contributed by atoms with E-state index in [-0.39, 0.29) is 5.41 Å². The third kappa shape index (κ3) is 3.64. The van der Waals surface area contributed by atoms with Crippen molar-refractivity contribution in [1.82, 2.24) is 14.5 Å². The Hall–Kier alpha value is -6.32. The number of aromatic nitrogens is 3. The minimum atomic E-state index is -0.150. The fourth-order valence-corrected chi connectivity index (χ4v) is 8.82. The normalized spacial score (nSPS) is 13.6. The van der Waals surface area contributed by atoms with Crippen molar-refractivity contribution in [3.63, 3.8) is 0 Å². The molecule has 11 rings (SSSR count). The van der Waals surface area contributed by atoms with Gasteiger partial charge in [0.05, 0.1) is 22.2 Å². The predicted octanol–water partition coefficient (Wildman–Crippen LogP) is 12.2. The predicted molar refractivity (Wildman–Crippen MR) is 209 cm³/mol. The molecule has 234 valence electrons. The molecule has 0 unspecified atom stereocenters. The molecule has 50 heavy (non-hydrogen) atoms. The maximum Gasteiger partial charge on any atom is 0.235 e. The SMILES string of the molecule is CC1(C)c2ccccc2-c2c3c1cccc3cc1c3c4ccccc4ccc3n(-c3nc(-c4ccc5ccccc5c4)c4ccccc4n3)c21. The van der Waals surface area contributed by atoms with E-state index in [0.717, 1.165) is 33.2 Å². The van der Waals surface area contributed by atoms with Gasteiger partial charge in [-0.2, -0.15) is 0 Å². The summed E-state index contributed by atoms with van der Waals surface area (Å²) >= 11 is 0. The molecule has 3 nitrogen and oxygen atoms in total. The Labute approximate surface area is 289 Å². The van der Waals surface area contributed by atoms with E-state index < -0.39 is 0 Å². The van der Waals surface area contributed by atoms with Crippen molar-refractivity contribution in [2.24, 2.45) is 0 Å². The van der Waals surface area contributed by atoms with Crippen molar-refractivity contribution in [3.8, 4) is 28.3 Å². The lowest BCUT2D eigenvalue weighted by Gasteiger charge is -2.35. The zero-order valence-electron chi connectivity index (χ0n) is 27.8. The summed E-state index contributed by atoms with van der Waals surface area (Å²) in [6, 6.07) is 55.1. The van der Waals surface area contributed by atoms with Gasteiger partial charge in [0.15, 0.2) is 0 Å². The fourth-order valence-electron chi connectivity index (χ4n) is 8.82. The quantitative estimate of drug-likeness (QED) is 0.189. The molecule has 1 aliphatic carbocycles. The van der Waals surface area contributed by atoms with Gasteiger partial charge in [0.2, 0.25) is 5.95 Å². The molecule has 0 saturated carbocycles. The van der Waals surface area contributed by atoms with E-state index in [4.69, 9.17) is 9.97 Å². The van der Waals surface area contributed by atoms with Crippen LogP contribution in [0.1, 0.15) is 25.0 Å². The molecular weight excluding hydrogens is 607 g/mol. The van der Waals surface area contributed by atoms with E-state index in [0.29, 0.717) is 5.95 Å². The van der Waals surface area contributed by atoms with Gasteiger partial charge in [-0.3, -0.25) is 4.57 Å². The Morgan fingerprint density at radius 2 is 1.20 bits per heavy atom. The first-order chi connectivity index (χ1) is 24.6. The summed E-state index contributed by atoms with van der Waals surface area (Å²) in [6.07, 6.45) is 0. The van der Waals surface area contributed by atoms with Gasteiger partial charge in [0.1, 0.15) is 0 Å². The number of hydrogen-bond acceptors (Lipinski definition) is 2. The molecule has 0 bridgehead atoms. The first kappa shape index (κ1) is 27.6. The van der Waals surface area contributed by atoms with Crippen LogP contribution in [-0.2, 0) is 5.41 Å². The highest BCUT2D eigenvalue weighted by Gasteiger charge is 2.35. The molecule has 2 heterocycles. The van der Waals surface area contributed by atoms with Gasteiger partial charge in [-0.05, 0) is 73.3 Å². The Morgan fingerprint density at radius 3 is 2.10 bits per heavy atom. The molecule has 2 aromatic heterocycles. The van der Waals surface area contributed by atoms with E-state index in [2.05, 4.69) is 170 Å². The second-order valence-corrected chi connectivity index (χ2v) is 14.2. The number of hydrogen-bond donors (Lipinski definition) is 0. The van der Waals surface area contributed by atoms with Gasteiger partial charge >= 0.3 is 0 Å². The second-order valence-electron chi connectivity index (χ2n) is 14.2. The molecule has 10 aromatic rings. The molecule has 1 aliphatic rings. The van der Waals surface area contributed by atoms with Crippen molar-refractivity contribution in [1.29, 1.82) is 0 Å². The number of rotatable bonds is 2. The van der Waals surface area contributed by atoms with Crippen molar-refractivity contribution in [2.75, 3.05) is 0 Å². The monoisotopic (exact) mass is 637 g/mol. The summed E-state index contributed by atoms with van der Waals surface area (Å²) in [7, 11) is 0. The van der Waals surface area contributed by atoms with Gasteiger partial charge in [-0.25, -0.2) is 9.97 Å². The van der Waals surface area contributed by atoms with Gasteiger partial charge in [-0.1, -0.05) is 141 Å². The molecule has 0 radical (unpaired) electrons. The number of fused-ring (bicyclic) bond motifs is 10. The summed E-state index contributed by atoms with van der Waals surface area (Å²) in [5, 5.41) is 10.9. The summed E-state index contributed by atoms with van der Waals surface area (Å²) in [5.74, 6) is 0.678. The number of nitrogens with zero attached hydrogens (tertiary/aromatic N) is 3. The van der Waals surface area contributed by atoms with Crippen molar-refractivity contribution in [2.45, 2.75) is 19.3 Å². The summed E-state index contributed by atoms with van der Waals surface area (Å²) in [6.45, 7) is 4.72. The molecule has 3 heteroatoms. The molecule has 0 amide bonds. The first-order valence-electron chi connectivity index (χ1n) is 17.3. The van der Waals surface area contributed by atoms with Gasteiger partial charge in [0.25, 0.3) is 0 Å². The maximum atomic E-state index is 5.53. The molecule has 8 aromatic carbocycles. The Kier molecular flexibility index (Phi) is 5.45. The van der Waals surface area contributed by atoms with E-state index in [1.807, 2.05) is 0 Å². The fraction of sp³-hybridized carbons (Fsp3) is 0.0638. The van der Waals surface area contributed by atoms with Crippen molar-refractivity contribution >= 4 is 65.0 Å². The van der Waals surface area contributed by atoms with Crippen LogP contribution in [0.2, 0.25) is 0 Å². The third-order valence-corrected chi connectivity index (χ3v) is 11.1. The average Bonchev–Trinajstić information content (AvgIpc) is 3.50. The van der Waals surface area contributed by atoms with Crippen LogP contribution >= 0.6 is 0 Å². The Balaban J connectivity index is 1.36. The molecule has 0 atom stereocenters. The lowest BCUT2D eigenvalue weighted by Crippen LogP contribution is -2.23. The van der Waals surface area contributed by atoms with E-state index in [1.165, 1.54) is 65.3 Å². The standard InChI is InChI=1S/C47H31N3/c1-47(2)37-19-9-7-17-34(37)43-41-31(15-11-20-38(41)47)27-36-42-33-16-6-5-13-29(33)24-25-40(42)50(45(36)43)46-48-39-21-10-8-18-35(39)44(49-46)32-23-22-28-12-3-4-14-30(28)26-32/h3-27H,1-2H3. The molecule has 0 aliphatic heterocycles. The summed E-state index contributed by atoms with van der Waals surface area (Å²) < 4.78 is 2.36. The summed E-state index contributed by atoms with van der Waals surface area (Å²) in [4.78, 5) is 10.9. The second kappa shape index (κ2) is 9.87. The number of benzene rings is 8. The van der Waals surface area contributed by atoms with Crippen LogP contribution in [0, 0.1) is 0 Å². The van der Waals surface area contributed by atoms with Crippen LogP contribution in [0.15, 0.2) is 152 Å². The zero-order valence-corrected chi connectivity index (χ0v) is 27.8. The van der Waals surface area contributed by atoms with Crippen LogP contribution in [0.3, 0.4) is 0 Å². The Bertz CT molecular complexity index is 3070. The van der Waals surface area contributed by atoms with Crippen LogP contribution in [0.5, 0.6) is 0 Å². The molecule has 0 saturated heterocycles. The van der Waals surface area contributed by atoms with Gasteiger partial charge in [-0.15, -0.1) is 0 Å². The largest absolute Gasteiger partial charge is 0.277 e. The zero-order chi connectivity index (χ0) is 33.1.